The van der Waals surface area contributed by atoms with Crippen LogP contribution in [0.2, 0.25) is 0 Å². The summed E-state index contributed by atoms with van der Waals surface area (Å²) in [5, 5.41) is 0. The largest absolute Gasteiger partial charge is 0.444 e. The molecule has 104 valence electrons. The molecule has 4 nitrogen and oxygen atoms in total. The summed E-state index contributed by atoms with van der Waals surface area (Å²) in [4.78, 5) is 18.0. The number of carbonyl (C=O) groups is 1. The maximum Gasteiger partial charge on any atom is 0.410 e. The van der Waals surface area contributed by atoms with Crippen LogP contribution in [-0.2, 0) is 4.74 Å². The van der Waals surface area contributed by atoms with E-state index in [0.717, 1.165) is 15.7 Å². The molecule has 0 bridgehead atoms. The molecule has 0 spiro atoms. The summed E-state index contributed by atoms with van der Waals surface area (Å²) in [6.45, 7) is 8.98. The number of amides is 1. The first kappa shape index (κ1) is 14.3. The molecular weight excluding hydrogens is 308 g/mol. The number of ether oxygens (including phenoxy) is 1. The lowest BCUT2D eigenvalue weighted by atomic mass is 9.96. The van der Waals surface area contributed by atoms with Crippen LogP contribution in [-0.4, -0.2) is 34.7 Å². The molecule has 1 aromatic heterocycles. The lowest BCUT2D eigenvalue weighted by molar-refractivity contribution is 0.00781. The van der Waals surface area contributed by atoms with Gasteiger partial charge in [-0.1, -0.05) is 0 Å². The van der Waals surface area contributed by atoms with Gasteiger partial charge < -0.3 is 9.64 Å². The van der Waals surface area contributed by atoms with Gasteiger partial charge in [0.2, 0.25) is 0 Å². The zero-order valence-electron chi connectivity index (χ0n) is 11.7. The molecular formula is C14H19BrN2O2. The van der Waals surface area contributed by atoms with Gasteiger partial charge in [-0.15, -0.1) is 0 Å². The minimum Gasteiger partial charge on any atom is -0.444 e. The van der Waals surface area contributed by atoms with Gasteiger partial charge in [0.1, 0.15) is 5.60 Å². The molecule has 0 aromatic carbocycles. The Morgan fingerprint density at radius 1 is 1.47 bits per heavy atom. The third-order valence-corrected chi connectivity index (χ3v) is 3.56. The van der Waals surface area contributed by atoms with Crippen molar-refractivity contribution in [1.29, 1.82) is 0 Å². The smallest absolute Gasteiger partial charge is 0.410 e. The predicted octanol–water partition coefficient (Wildman–Crippen LogP) is 3.49. The monoisotopic (exact) mass is 326 g/mol. The lowest BCUT2D eigenvalue weighted by Crippen LogP contribution is -2.50. The second-order valence-corrected chi connectivity index (χ2v) is 6.82. The van der Waals surface area contributed by atoms with Crippen molar-refractivity contribution in [3.63, 3.8) is 0 Å². The molecule has 0 radical (unpaired) electrons. The average molecular weight is 327 g/mol. The van der Waals surface area contributed by atoms with Crippen molar-refractivity contribution in [2.24, 2.45) is 0 Å². The highest BCUT2D eigenvalue weighted by atomic mass is 79.9. The van der Waals surface area contributed by atoms with Crippen molar-refractivity contribution in [2.45, 2.75) is 39.2 Å². The Bertz CT molecular complexity index is 491. The fraction of sp³-hybridized carbons (Fsp3) is 0.571. The summed E-state index contributed by atoms with van der Waals surface area (Å²) < 4.78 is 6.35. The van der Waals surface area contributed by atoms with E-state index >= 15 is 0 Å². The van der Waals surface area contributed by atoms with Gasteiger partial charge >= 0.3 is 6.09 Å². The normalized spacial score (nSPS) is 16.2. The van der Waals surface area contributed by atoms with Gasteiger partial charge in [-0.05, 0) is 55.3 Å². The molecule has 0 saturated carbocycles. The molecule has 0 unspecified atom stereocenters. The van der Waals surface area contributed by atoms with Crippen molar-refractivity contribution >= 4 is 22.0 Å². The van der Waals surface area contributed by atoms with E-state index in [4.69, 9.17) is 4.74 Å². The van der Waals surface area contributed by atoms with E-state index < -0.39 is 5.60 Å². The van der Waals surface area contributed by atoms with Crippen LogP contribution < -0.4 is 0 Å². The van der Waals surface area contributed by atoms with Gasteiger partial charge in [0.05, 0.1) is 5.69 Å². The minimum absolute atomic E-state index is 0.244. The minimum atomic E-state index is -0.440. The van der Waals surface area contributed by atoms with E-state index in [0.29, 0.717) is 19.0 Å². The van der Waals surface area contributed by atoms with Crippen molar-refractivity contribution in [1.82, 2.24) is 9.88 Å². The number of aromatic nitrogens is 1. The molecule has 2 heterocycles. The van der Waals surface area contributed by atoms with E-state index in [1.165, 1.54) is 0 Å². The number of aryl methyl sites for hydroxylation is 1. The first-order valence-electron chi connectivity index (χ1n) is 6.36. The second-order valence-electron chi connectivity index (χ2n) is 5.96. The average Bonchev–Trinajstić information content (AvgIpc) is 2.16. The van der Waals surface area contributed by atoms with E-state index in [1.807, 2.05) is 33.9 Å². The Balaban J connectivity index is 1.94. The van der Waals surface area contributed by atoms with Crippen LogP contribution in [0.3, 0.4) is 0 Å². The standard InChI is InChI=1S/C14H19BrN2O2/c1-9-5-11(15)12(16-6-9)10-7-17(8-10)13(18)19-14(2,3)4/h5-6,10H,7-8H2,1-4H3. The summed E-state index contributed by atoms with van der Waals surface area (Å²) in [5.41, 5.74) is 1.70. The fourth-order valence-electron chi connectivity index (χ4n) is 1.97. The second kappa shape index (κ2) is 5.12. The van der Waals surface area contributed by atoms with E-state index in [2.05, 4.69) is 27.0 Å². The summed E-state index contributed by atoms with van der Waals surface area (Å²) in [6, 6.07) is 2.05. The number of pyridine rings is 1. The molecule has 1 aromatic rings. The summed E-state index contributed by atoms with van der Waals surface area (Å²) in [5.74, 6) is 0.294. The molecule has 19 heavy (non-hydrogen) atoms. The van der Waals surface area contributed by atoms with Gasteiger partial charge in [-0.2, -0.15) is 0 Å². The Morgan fingerprint density at radius 3 is 2.63 bits per heavy atom. The van der Waals surface area contributed by atoms with Crippen LogP contribution in [0.5, 0.6) is 0 Å². The molecule has 0 aliphatic carbocycles. The van der Waals surface area contributed by atoms with E-state index in [9.17, 15) is 4.79 Å². The number of carbonyl (C=O) groups excluding carboxylic acids is 1. The highest BCUT2D eigenvalue weighted by Gasteiger charge is 2.36. The van der Waals surface area contributed by atoms with Gasteiger partial charge in [0.25, 0.3) is 0 Å². The maximum atomic E-state index is 11.8. The molecule has 5 heteroatoms. The topological polar surface area (TPSA) is 42.4 Å². The van der Waals surface area contributed by atoms with Gasteiger partial charge in [-0.25, -0.2) is 4.79 Å². The molecule has 0 atom stereocenters. The molecule has 0 N–H and O–H groups in total. The summed E-state index contributed by atoms with van der Waals surface area (Å²) in [6.07, 6.45) is 1.61. The van der Waals surface area contributed by atoms with E-state index in [1.54, 1.807) is 4.90 Å². The summed E-state index contributed by atoms with van der Waals surface area (Å²) >= 11 is 3.53. The Hall–Kier alpha value is -1.10. The highest BCUT2D eigenvalue weighted by molar-refractivity contribution is 9.10. The SMILES string of the molecule is Cc1cnc(C2CN(C(=O)OC(C)(C)C)C2)c(Br)c1. The van der Waals surface area contributed by atoms with Crippen LogP contribution in [0.1, 0.15) is 37.9 Å². The third-order valence-electron chi connectivity index (χ3n) is 2.93. The maximum absolute atomic E-state index is 11.8. The van der Waals surface area contributed by atoms with Gasteiger partial charge in [0.15, 0.2) is 0 Å². The number of rotatable bonds is 1. The Kier molecular flexibility index (Phi) is 3.85. The molecule has 1 fully saturated rings. The van der Waals surface area contributed by atoms with Crippen LogP contribution in [0.15, 0.2) is 16.7 Å². The zero-order chi connectivity index (χ0) is 14.2. The van der Waals surface area contributed by atoms with Crippen LogP contribution in [0.25, 0.3) is 0 Å². The van der Waals surface area contributed by atoms with E-state index in [-0.39, 0.29) is 6.09 Å². The quantitative estimate of drug-likeness (QED) is 0.793. The number of nitrogens with zero attached hydrogens (tertiary/aromatic N) is 2. The first-order chi connectivity index (χ1) is 8.76. The lowest BCUT2D eigenvalue weighted by Gasteiger charge is -2.39. The molecule has 1 saturated heterocycles. The number of likely N-dealkylation sites (tertiary alicyclic amines) is 1. The molecule has 1 aliphatic heterocycles. The Morgan fingerprint density at radius 2 is 2.11 bits per heavy atom. The molecule has 1 amide bonds. The zero-order valence-corrected chi connectivity index (χ0v) is 13.3. The van der Waals surface area contributed by atoms with Crippen molar-refractivity contribution < 1.29 is 9.53 Å². The van der Waals surface area contributed by atoms with Gasteiger partial charge in [0, 0.05) is 29.7 Å². The fourth-order valence-corrected chi connectivity index (χ4v) is 2.76. The number of hydrogen-bond acceptors (Lipinski definition) is 3. The number of halogens is 1. The van der Waals surface area contributed by atoms with Crippen molar-refractivity contribution in [3.8, 4) is 0 Å². The molecule has 1 aliphatic rings. The van der Waals surface area contributed by atoms with Crippen LogP contribution in [0, 0.1) is 6.92 Å². The predicted molar refractivity (Wildman–Crippen MR) is 77.2 cm³/mol. The highest BCUT2D eigenvalue weighted by Crippen LogP contribution is 2.31. The van der Waals surface area contributed by atoms with Crippen molar-refractivity contribution in [2.75, 3.05) is 13.1 Å². The Labute approximate surface area is 122 Å². The molecule has 2 rings (SSSR count). The van der Waals surface area contributed by atoms with Crippen molar-refractivity contribution in [3.05, 3.63) is 28.0 Å². The van der Waals surface area contributed by atoms with Gasteiger partial charge in [-0.3, -0.25) is 4.98 Å². The first-order valence-corrected chi connectivity index (χ1v) is 7.15. The third kappa shape index (κ3) is 3.47. The van der Waals surface area contributed by atoms with Crippen LogP contribution in [0.4, 0.5) is 4.79 Å². The number of hydrogen-bond donors (Lipinski definition) is 0. The van der Waals surface area contributed by atoms with Crippen LogP contribution >= 0.6 is 15.9 Å². The summed E-state index contributed by atoms with van der Waals surface area (Å²) in [7, 11) is 0.